The zero-order chi connectivity index (χ0) is 12.4. The van der Waals surface area contributed by atoms with Crippen molar-refractivity contribution in [3.8, 4) is 0 Å². The highest BCUT2D eigenvalue weighted by Crippen LogP contribution is 2.45. The van der Waals surface area contributed by atoms with E-state index in [9.17, 15) is 4.79 Å². The van der Waals surface area contributed by atoms with Gasteiger partial charge in [-0.15, -0.1) is 0 Å². The molecule has 2 unspecified atom stereocenters. The maximum atomic E-state index is 10.7. The van der Waals surface area contributed by atoms with Crippen LogP contribution in [0.5, 0.6) is 0 Å². The van der Waals surface area contributed by atoms with Gasteiger partial charge in [0.15, 0.2) is 0 Å². The third-order valence-electron chi connectivity index (χ3n) is 3.37. The Balaban J connectivity index is 2.72. The number of hydrogen-bond donors (Lipinski definition) is 3. The second kappa shape index (κ2) is 4.62. The summed E-state index contributed by atoms with van der Waals surface area (Å²) in [5.74, 6) is 0. The van der Waals surface area contributed by atoms with E-state index in [1.165, 1.54) is 0 Å². The molecule has 94 valence electrons. The number of amides is 1. The van der Waals surface area contributed by atoms with Gasteiger partial charge in [0.1, 0.15) is 0 Å². The molecule has 0 radical (unpaired) electrons. The molecule has 16 heavy (non-hydrogen) atoms. The van der Waals surface area contributed by atoms with Crippen molar-refractivity contribution in [2.45, 2.75) is 46.1 Å². The van der Waals surface area contributed by atoms with Crippen molar-refractivity contribution in [3.63, 3.8) is 0 Å². The molecule has 4 nitrogen and oxygen atoms in total. The first-order chi connectivity index (χ1) is 7.26. The number of rotatable bonds is 3. The van der Waals surface area contributed by atoms with Crippen molar-refractivity contribution in [1.29, 1.82) is 0 Å². The van der Waals surface area contributed by atoms with Crippen LogP contribution in [-0.4, -0.2) is 30.8 Å². The molecule has 0 aromatic carbocycles. The van der Waals surface area contributed by atoms with Crippen molar-refractivity contribution >= 4 is 6.09 Å². The fraction of sp³-hybridized carbons (Fsp3) is 0.917. The van der Waals surface area contributed by atoms with Gasteiger partial charge in [0, 0.05) is 12.6 Å². The molecule has 1 rings (SSSR count). The van der Waals surface area contributed by atoms with Crippen LogP contribution in [0.4, 0.5) is 4.79 Å². The highest BCUT2D eigenvalue weighted by Gasteiger charge is 2.41. The number of carbonyl (C=O) groups is 1. The molecule has 0 aromatic rings. The molecule has 1 amide bonds. The maximum Gasteiger partial charge on any atom is 0.404 e. The maximum absolute atomic E-state index is 10.7. The molecule has 1 aliphatic rings. The Hall–Kier alpha value is -0.770. The predicted molar refractivity (Wildman–Crippen MR) is 64.6 cm³/mol. The van der Waals surface area contributed by atoms with E-state index in [0.29, 0.717) is 0 Å². The summed E-state index contributed by atoms with van der Waals surface area (Å²) in [5.41, 5.74) is 0.389. The Morgan fingerprint density at radius 2 is 2.00 bits per heavy atom. The SMILES string of the molecule is CNCC1(C)CC(NC(=O)O)CC(C)(C)C1. The molecular weight excluding hydrogens is 204 g/mol. The summed E-state index contributed by atoms with van der Waals surface area (Å²) in [4.78, 5) is 10.7. The summed E-state index contributed by atoms with van der Waals surface area (Å²) in [6.45, 7) is 7.61. The molecule has 1 saturated carbocycles. The molecular formula is C12H24N2O2. The lowest BCUT2D eigenvalue weighted by Gasteiger charge is -2.46. The van der Waals surface area contributed by atoms with Gasteiger partial charge in [0.05, 0.1) is 0 Å². The van der Waals surface area contributed by atoms with E-state index < -0.39 is 6.09 Å². The predicted octanol–water partition coefficient (Wildman–Crippen LogP) is 2.06. The van der Waals surface area contributed by atoms with Crippen molar-refractivity contribution in [2.75, 3.05) is 13.6 Å². The van der Waals surface area contributed by atoms with Crippen LogP contribution in [0.2, 0.25) is 0 Å². The number of carboxylic acid groups (broad SMARTS) is 1. The summed E-state index contributed by atoms with van der Waals surface area (Å²) in [5, 5.41) is 14.7. The summed E-state index contributed by atoms with van der Waals surface area (Å²) >= 11 is 0. The smallest absolute Gasteiger partial charge is 0.404 e. The van der Waals surface area contributed by atoms with E-state index in [0.717, 1.165) is 25.8 Å². The van der Waals surface area contributed by atoms with E-state index in [-0.39, 0.29) is 16.9 Å². The monoisotopic (exact) mass is 228 g/mol. The third kappa shape index (κ3) is 3.67. The normalized spacial score (nSPS) is 33.4. The summed E-state index contributed by atoms with van der Waals surface area (Å²) in [6, 6.07) is 0.0830. The van der Waals surface area contributed by atoms with E-state index >= 15 is 0 Å². The largest absolute Gasteiger partial charge is 0.465 e. The molecule has 2 atom stereocenters. The minimum absolute atomic E-state index is 0.0830. The first-order valence-electron chi connectivity index (χ1n) is 5.90. The highest BCUT2D eigenvalue weighted by molar-refractivity contribution is 5.64. The Morgan fingerprint density at radius 3 is 2.50 bits per heavy atom. The van der Waals surface area contributed by atoms with E-state index in [2.05, 4.69) is 31.4 Å². The molecule has 0 saturated heterocycles. The highest BCUT2D eigenvalue weighted by atomic mass is 16.4. The Labute approximate surface area is 97.8 Å². The first kappa shape index (κ1) is 13.3. The van der Waals surface area contributed by atoms with Crippen LogP contribution in [-0.2, 0) is 0 Å². The van der Waals surface area contributed by atoms with Gasteiger partial charge < -0.3 is 15.7 Å². The van der Waals surface area contributed by atoms with Gasteiger partial charge in [-0.3, -0.25) is 0 Å². The average Bonchev–Trinajstić information content (AvgIpc) is 1.96. The standard InChI is InChI=1S/C12H24N2O2/c1-11(2)5-9(14-10(15)16)6-12(3,7-11)8-13-4/h9,13-14H,5-8H2,1-4H3,(H,15,16). The zero-order valence-corrected chi connectivity index (χ0v) is 10.8. The lowest BCUT2D eigenvalue weighted by molar-refractivity contribution is 0.0713. The second-order valence-electron chi connectivity index (χ2n) is 6.24. The third-order valence-corrected chi connectivity index (χ3v) is 3.37. The summed E-state index contributed by atoms with van der Waals surface area (Å²) < 4.78 is 0. The first-order valence-corrected chi connectivity index (χ1v) is 5.90. The van der Waals surface area contributed by atoms with Gasteiger partial charge >= 0.3 is 6.09 Å². The summed E-state index contributed by atoms with van der Waals surface area (Å²) in [7, 11) is 1.95. The minimum atomic E-state index is -0.908. The fourth-order valence-electron chi connectivity index (χ4n) is 3.47. The molecule has 1 aliphatic carbocycles. The van der Waals surface area contributed by atoms with E-state index in [1.807, 2.05) is 7.05 Å². The van der Waals surface area contributed by atoms with Crippen LogP contribution in [0.15, 0.2) is 0 Å². The van der Waals surface area contributed by atoms with Crippen LogP contribution in [0, 0.1) is 10.8 Å². The van der Waals surface area contributed by atoms with Gasteiger partial charge in [0.25, 0.3) is 0 Å². The van der Waals surface area contributed by atoms with E-state index in [1.54, 1.807) is 0 Å². The molecule has 0 bridgehead atoms. The van der Waals surface area contributed by atoms with Gasteiger partial charge in [-0.2, -0.15) is 0 Å². The lowest BCUT2D eigenvalue weighted by atomic mass is 9.62. The van der Waals surface area contributed by atoms with Gasteiger partial charge in [-0.25, -0.2) is 4.79 Å². The van der Waals surface area contributed by atoms with Gasteiger partial charge in [0.2, 0.25) is 0 Å². The Bertz CT molecular complexity index is 266. The van der Waals surface area contributed by atoms with E-state index in [4.69, 9.17) is 5.11 Å². The molecule has 1 fully saturated rings. The average molecular weight is 228 g/mol. The molecule has 3 N–H and O–H groups in total. The zero-order valence-electron chi connectivity index (χ0n) is 10.8. The topological polar surface area (TPSA) is 61.4 Å². The van der Waals surface area contributed by atoms with Crippen LogP contribution >= 0.6 is 0 Å². The molecule has 0 aliphatic heterocycles. The van der Waals surface area contributed by atoms with Crippen LogP contribution in [0.3, 0.4) is 0 Å². The quantitative estimate of drug-likeness (QED) is 0.693. The molecule has 0 heterocycles. The number of nitrogens with one attached hydrogen (secondary N) is 2. The second-order valence-corrected chi connectivity index (χ2v) is 6.24. The van der Waals surface area contributed by atoms with Crippen molar-refractivity contribution in [3.05, 3.63) is 0 Å². The lowest BCUT2D eigenvalue weighted by Crippen LogP contribution is -2.49. The van der Waals surface area contributed by atoms with Crippen LogP contribution in [0.1, 0.15) is 40.0 Å². The van der Waals surface area contributed by atoms with Crippen LogP contribution < -0.4 is 10.6 Å². The molecule has 4 heteroatoms. The summed E-state index contributed by atoms with van der Waals surface area (Å²) in [6.07, 6.45) is 2.08. The van der Waals surface area contributed by atoms with Crippen LogP contribution in [0.25, 0.3) is 0 Å². The van der Waals surface area contributed by atoms with Crippen molar-refractivity contribution in [1.82, 2.24) is 10.6 Å². The van der Waals surface area contributed by atoms with Gasteiger partial charge in [-0.05, 0) is 37.1 Å². The fourth-order valence-corrected chi connectivity index (χ4v) is 3.47. The van der Waals surface area contributed by atoms with Crippen molar-refractivity contribution in [2.24, 2.45) is 10.8 Å². The van der Waals surface area contributed by atoms with Gasteiger partial charge in [-0.1, -0.05) is 20.8 Å². The Kier molecular flexibility index (Phi) is 3.84. The minimum Gasteiger partial charge on any atom is -0.465 e. The molecule has 0 aromatic heterocycles. The van der Waals surface area contributed by atoms with Crippen molar-refractivity contribution < 1.29 is 9.90 Å². The number of hydrogen-bond acceptors (Lipinski definition) is 2. The molecule has 0 spiro atoms. The Morgan fingerprint density at radius 1 is 1.38 bits per heavy atom.